The number of nitrogens with one attached hydrogen (secondary N) is 3. The lowest BCUT2D eigenvalue weighted by molar-refractivity contribution is -0.116. The fourth-order valence-electron chi connectivity index (χ4n) is 4.00. The third-order valence-electron chi connectivity index (χ3n) is 5.56. The summed E-state index contributed by atoms with van der Waals surface area (Å²) in [4.78, 5) is 32.2. The largest absolute Gasteiger partial charge is 0.458 e. The second-order valence-electron chi connectivity index (χ2n) is 7.74. The molecule has 1 aliphatic carbocycles. The minimum absolute atomic E-state index is 0.0515. The molecule has 33 heavy (non-hydrogen) atoms. The normalized spacial score (nSPS) is 17.2. The van der Waals surface area contributed by atoms with Crippen molar-refractivity contribution in [2.24, 2.45) is 0 Å². The summed E-state index contributed by atoms with van der Waals surface area (Å²) in [6.45, 7) is 0. The van der Waals surface area contributed by atoms with E-state index in [1.54, 1.807) is 24.4 Å². The van der Waals surface area contributed by atoms with Crippen molar-refractivity contribution in [1.82, 2.24) is 15.3 Å². The van der Waals surface area contributed by atoms with Crippen LogP contribution in [0.5, 0.6) is 17.2 Å². The third kappa shape index (κ3) is 3.62. The first kappa shape index (κ1) is 19.6. The highest BCUT2D eigenvalue weighted by atomic mass is 35.5. The van der Waals surface area contributed by atoms with Crippen molar-refractivity contribution in [2.75, 3.05) is 10.6 Å². The minimum Gasteiger partial charge on any atom is -0.458 e. The van der Waals surface area contributed by atoms with Gasteiger partial charge in [0, 0.05) is 35.0 Å². The van der Waals surface area contributed by atoms with Crippen LogP contribution in [0.15, 0.2) is 60.2 Å². The van der Waals surface area contributed by atoms with Crippen molar-refractivity contribution < 1.29 is 19.1 Å². The minimum atomic E-state index is -0.426. The van der Waals surface area contributed by atoms with E-state index in [-0.39, 0.29) is 11.8 Å². The summed E-state index contributed by atoms with van der Waals surface area (Å²) in [5.41, 5.74) is 2.48. The fourth-order valence-corrected chi connectivity index (χ4v) is 4.16. The number of benzene rings is 1. The van der Waals surface area contributed by atoms with Crippen molar-refractivity contribution in [3.05, 3.63) is 76.4 Å². The molecular weight excluding hydrogens is 446 g/mol. The van der Waals surface area contributed by atoms with Gasteiger partial charge in [-0.2, -0.15) is 0 Å². The molecule has 3 N–H and O–H groups in total. The molecule has 0 saturated heterocycles. The highest BCUT2D eigenvalue weighted by Gasteiger charge is 2.49. The summed E-state index contributed by atoms with van der Waals surface area (Å²) >= 11 is 5.92. The molecule has 1 aromatic carbocycles. The molecule has 10 heteroatoms. The predicted octanol–water partition coefficient (Wildman–Crippen LogP) is 4.33. The monoisotopic (exact) mass is 461 g/mol. The molecule has 0 fully saturated rings. The SMILES string of the molecule is O=C1CCc2c(Oc3ccc4c(c3)[C@H]3C(NC(=O)Nc5cc(Cl)ccn5)=C3O4)ccnc2N1. The van der Waals surface area contributed by atoms with E-state index >= 15 is 0 Å². The van der Waals surface area contributed by atoms with E-state index in [9.17, 15) is 9.59 Å². The molecule has 0 radical (unpaired) electrons. The van der Waals surface area contributed by atoms with Crippen LogP contribution in [0.1, 0.15) is 23.5 Å². The van der Waals surface area contributed by atoms with E-state index in [1.807, 2.05) is 18.2 Å². The number of carbonyl (C=O) groups is 2. The van der Waals surface area contributed by atoms with Crippen LogP contribution in [0.2, 0.25) is 5.02 Å². The molecule has 0 bridgehead atoms. The first-order valence-electron chi connectivity index (χ1n) is 10.3. The van der Waals surface area contributed by atoms with E-state index < -0.39 is 6.03 Å². The van der Waals surface area contributed by atoms with Gasteiger partial charge in [-0.05, 0) is 42.8 Å². The fraction of sp³-hybridized carbons (Fsp3) is 0.130. The maximum atomic E-state index is 12.3. The highest BCUT2D eigenvalue weighted by molar-refractivity contribution is 6.30. The zero-order chi connectivity index (χ0) is 22.5. The van der Waals surface area contributed by atoms with Crippen LogP contribution in [0.25, 0.3) is 0 Å². The molecule has 6 rings (SSSR count). The summed E-state index contributed by atoms with van der Waals surface area (Å²) in [5.74, 6) is 3.43. The average Bonchev–Trinajstić information content (AvgIpc) is 3.30. The van der Waals surface area contributed by atoms with Gasteiger partial charge < -0.3 is 20.1 Å². The van der Waals surface area contributed by atoms with Gasteiger partial charge in [0.25, 0.3) is 0 Å². The third-order valence-corrected chi connectivity index (χ3v) is 5.79. The number of amides is 3. The number of anilines is 2. The van der Waals surface area contributed by atoms with Crippen molar-refractivity contribution >= 4 is 35.2 Å². The smallest absolute Gasteiger partial charge is 0.324 e. The van der Waals surface area contributed by atoms with Gasteiger partial charge in [-0.25, -0.2) is 14.8 Å². The van der Waals surface area contributed by atoms with Gasteiger partial charge in [-0.3, -0.25) is 10.1 Å². The zero-order valence-electron chi connectivity index (χ0n) is 17.0. The molecule has 3 aliphatic rings. The van der Waals surface area contributed by atoms with Crippen LogP contribution in [0, 0.1) is 0 Å². The number of urea groups is 1. The molecule has 2 aromatic heterocycles. The number of carbonyl (C=O) groups excluding carboxylic acids is 2. The summed E-state index contributed by atoms with van der Waals surface area (Å²) in [6, 6.07) is 10.1. The number of halogens is 1. The van der Waals surface area contributed by atoms with Crippen molar-refractivity contribution in [2.45, 2.75) is 18.8 Å². The lowest BCUT2D eigenvalue weighted by atomic mass is 10.1. The Balaban J connectivity index is 1.16. The van der Waals surface area contributed by atoms with Crippen LogP contribution in [0.3, 0.4) is 0 Å². The van der Waals surface area contributed by atoms with Crippen LogP contribution in [-0.4, -0.2) is 21.9 Å². The average molecular weight is 462 g/mol. The molecule has 0 spiro atoms. The number of hydrogen-bond acceptors (Lipinski definition) is 6. The molecule has 164 valence electrons. The second-order valence-corrected chi connectivity index (χ2v) is 8.17. The number of nitrogens with zero attached hydrogens (tertiary/aromatic N) is 2. The maximum Gasteiger partial charge on any atom is 0.324 e. The quantitative estimate of drug-likeness (QED) is 0.532. The molecule has 0 unspecified atom stereocenters. The van der Waals surface area contributed by atoms with E-state index in [1.165, 1.54) is 6.20 Å². The van der Waals surface area contributed by atoms with Crippen LogP contribution >= 0.6 is 11.6 Å². The Morgan fingerprint density at radius 1 is 1.12 bits per heavy atom. The topological polar surface area (TPSA) is 114 Å². The van der Waals surface area contributed by atoms with Gasteiger partial charge >= 0.3 is 6.03 Å². The summed E-state index contributed by atoms with van der Waals surface area (Å²) in [6.07, 6.45) is 4.08. The van der Waals surface area contributed by atoms with Crippen molar-refractivity contribution in [3.63, 3.8) is 0 Å². The number of fused-ring (bicyclic) bond motifs is 4. The highest BCUT2D eigenvalue weighted by Crippen LogP contribution is 2.56. The molecule has 1 atom stereocenters. The number of hydrogen-bond donors (Lipinski definition) is 3. The van der Waals surface area contributed by atoms with Crippen LogP contribution < -0.4 is 25.4 Å². The molecule has 3 aromatic rings. The summed E-state index contributed by atoms with van der Waals surface area (Å²) in [5, 5.41) is 8.71. The van der Waals surface area contributed by atoms with Gasteiger partial charge in [0.2, 0.25) is 5.91 Å². The Bertz CT molecular complexity index is 1370. The van der Waals surface area contributed by atoms with Gasteiger partial charge in [-0.1, -0.05) is 11.6 Å². The Morgan fingerprint density at radius 3 is 2.88 bits per heavy atom. The van der Waals surface area contributed by atoms with Gasteiger partial charge in [-0.15, -0.1) is 0 Å². The molecule has 2 aliphatic heterocycles. The number of rotatable bonds is 4. The Hall–Kier alpha value is -4.11. The standard InChI is InChI=1S/C23H16ClN5O4/c24-11-5-7-25-17(9-11)27-23(31)29-20-19-14-10-12(1-3-15(14)33-21(19)20)32-16-6-8-26-22-13(16)2-4-18(30)28-22/h1,3,5-10,19H,2,4H2,(H,26,28,30)(H2,25,27,29,31)/t19-/m0/s1. The van der Waals surface area contributed by atoms with Gasteiger partial charge in [0.15, 0.2) is 0 Å². The Kier molecular flexibility index (Phi) is 4.44. The van der Waals surface area contributed by atoms with Crippen molar-refractivity contribution in [3.8, 4) is 17.2 Å². The van der Waals surface area contributed by atoms with E-state index in [2.05, 4.69) is 25.9 Å². The maximum absolute atomic E-state index is 12.3. The lowest BCUT2D eigenvalue weighted by Crippen LogP contribution is -2.26. The van der Waals surface area contributed by atoms with Gasteiger partial charge in [0.05, 0.1) is 11.6 Å². The first-order chi connectivity index (χ1) is 16.0. The molecule has 9 nitrogen and oxygen atoms in total. The first-order valence-corrected chi connectivity index (χ1v) is 10.6. The number of ether oxygens (including phenoxy) is 2. The number of allylic oxidation sites excluding steroid dienone is 2. The van der Waals surface area contributed by atoms with Crippen LogP contribution in [0.4, 0.5) is 16.4 Å². The summed E-state index contributed by atoms with van der Waals surface area (Å²) < 4.78 is 12.0. The summed E-state index contributed by atoms with van der Waals surface area (Å²) in [7, 11) is 0. The molecule has 4 heterocycles. The number of aromatic nitrogens is 2. The zero-order valence-corrected chi connectivity index (χ0v) is 17.8. The predicted molar refractivity (Wildman–Crippen MR) is 120 cm³/mol. The van der Waals surface area contributed by atoms with Crippen molar-refractivity contribution in [1.29, 1.82) is 0 Å². The second kappa shape index (κ2) is 7.49. The Morgan fingerprint density at radius 2 is 2.00 bits per heavy atom. The van der Waals surface area contributed by atoms with E-state index in [0.717, 1.165) is 16.9 Å². The lowest BCUT2D eigenvalue weighted by Gasteiger charge is -2.19. The molecule has 0 saturated carbocycles. The van der Waals surface area contributed by atoms with Gasteiger partial charge in [0.1, 0.15) is 34.6 Å². The molecular formula is C23H16ClN5O4. The number of pyridine rings is 2. The van der Waals surface area contributed by atoms with Crippen LogP contribution in [-0.2, 0) is 11.2 Å². The molecule has 3 amide bonds. The van der Waals surface area contributed by atoms with E-state index in [4.69, 9.17) is 21.1 Å². The van der Waals surface area contributed by atoms with E-state index in [0.29, 0.717) is 52.5 Å². The Labute approximate surface area is 192 Å².